The molecule has 1 aromatic heterocycles. The van der Waals surface area contributed by atoms with E-state index in [1.165, 1.54) is 24.3 Å². The highest BCUT2D eigenvalue weighted by Gasteiger charge is 2.16. The van der Waals surface area contributed by atoms with E-state index in [2.05, 4.69) is 15.3 Å². The molecule has 0 spiro atoms. The van der Waals surface area contributed by atoms with Gasteiger partial charge in [0.15, 0.2) is 0 Å². The first-order chi connectivity index (χ1) is 23.0. The number of rotatable bonds is 9. The molecule has 5 rings (SSSR count). The first kappa shape index (κ1) is 37.0. The lowest BCUT2D eigenvalue weighted by Crippen LogP contribution is -2.22. The third-order valence-corrected chi connectivity index (χ3v) is 9.15. The van der Waals surface area contributed by atoms with Crippen LogP contribution in [0.5, 0.6) is 5.75 Å². The van der Waals surface area contributed by atoms with Crippen LogP contribution >= 0.6 is 23.2 Å². The number of nitrogens with two attached hydrogens (primary N) is 2. The van der Waals surface area contributed by atoms with Gasteiger partial charge in [-0.1, -0.05) is 59.1 Å². The molecule has 0 aliphatic carbocycles. The Hall–Kier alpha value is -4.80. The number of nitrogens with one attached hydrogen (secondary N) is 1. The molecule has 0 saturated carbocycles. The molecule has 0 saturated heterocycles. The quantitative estimate of drug-likeness (QED) is 0.101. The minimum absolute atomic E-state index is 0.00282. The molecule has 256 valence electrons. The summed E-state index contributed by atoms with van der Waals surface area (Å²) >= 11 is 12.2. The maximum absolute atomic E-state index is 13.0. The van der Waals surface area contributed by atoms with Gasteiger partial charge in [0, 0.05) is 17.7 Å². The molecule has 0 bridgehead atoms. The molecule has 0 unspecified atom stereocenters. The number of amides is 1. The molecule has 4 aromatic carbocycles. The van der Waals surface area contributed by atoms with E-state index in [-0.39, 0.29) is 35.4 Å². The van der Waals surface area contributed by atoms with Gasteiger partial charge in [0.2, 0.25) is 5.95 Å². The second kappa shape index (κ2) is 15.6. The maximum atomic E-state index is 13.0. The van der Waals surface area contributed by atoms with E-state index in [9.17, 15) is 25.5 Å². The van der Waals surface area contributed by atoms with E-state index in [0.717, 1.165) is 23.3 Å². The molecule has 1 amide bonds. The Morgan fingerprint density at radius 3 is 2.04 bits per heavy atom. The number of anilines is 2. The van der Waals surface area contributed by atoms with Crippen LogP contribution in [-0.2, 0) is 33.5 Å². The van der Waals surface area contributed by atoms with Gasteiger partial charge in [0.05, 0.1) is 25.5 Å². The van der Waals surface area contributed by atoms with Crippen molar-refractivity contribution < 1.29 is 34.8 Å². The SMILES string of the molecule is Cc1ccc(S(=O)(=O)O)cc1.Nc1nc(N)c(-c2ccc(Cl)c(Cl)c2)c(COc2ccc(CNC(=O)c3ccc(S(=O)(=O)F)cc3)cc2)n1. The minimum Gasteiger partial charge on any atom is -0.487 e. The Labute approximate surface area is 291 Å². The highest BCUT2D eigenvalue weighted by molar-refractivity contribution is 7.86. The van der Waals surface area contributed by atoms with Crippen molar-refractivity contribution in [3.63, 3.8) is 0 Å². The highest BCUT2D eigenvalue weighted by atomic mass is 35.5. The van der Waals surface area contributed by atoms with Crippen molar-refractivity contribution in [2.45, 2.75) is 29.9 Å². The van der Waals surface area contributed by atoms with Gasteiger partial charge in [-0.3, -0.25) is 9.35 Å². The van der Waals surface area contributed by atoms with Gasteiger partial charge < -0.3 is 21.5 Å². The largest absolute Gasteiger partial charge is 0.487 e. The van der Waals surface area contributed by atoms with Crippen molar-refractivity contribution in [2.75, 3.05) is 11.5 Å². The third-order valence-electron chi connectivity index (χ3n) is 6.71. The topological polar surface area (TPSA) is 205 Å². The third kappa shape index (κ3) is 10.3. The number of carbonyl (C=O) groups is 1. The predicted octanol–water partition coefficient (Wildman–Crippen LogP) is 6.02. The molecule has 6 N–H and O–H groups in total. The normalized spacial score (nSPS) is 11.3. The summed E-state index contributed by atoms with van der Waals surface area (Å²) in [7, 11) is -8.84. The van der Waals surface area contributed by atoms with Crippen LogP contribution in [0, 0.1) is 6.92 Å². The molecule has 0 aliphatic rings. The van der Waals surface area contributed by atoms with Gasteiger partial charge in [-0.15, -0.1) is 3.89 Å². The van der Waals surface area contributed by atoms with Gasteiger partial charge in [-0.05, 0) is 78.7 Å². The lowest BCUT2D eigenvalue weighted by atomic mass is 10.0. The fraction of sp³-hybridized carbons (Fsp3) is 0.0938. The van der Waals surface area contributed by atoms with Crippen LogP contribution in [0.15, 0.2) is 101 Å². The van der Waals surface area contributed by atoms with Gasteiger partial charge in [-0.25, -0.2) is 4.98 Å². The number of nitrogen functional groups attached to an aromatic ring is 2. The smallest absolute Gasteiger partial charge is 0.332 e. The van der Waals surface area contributed by atoms with Gasteiger partial charge in [0.1, 0.15) is 18.2 Å². The van der Waals surface area contributed by atoms with Crippen LogP contribution in [0.3, 0.4) is 0 Å². The highest BCUT2D eigenvalue weighted by Crippen LogP contribution is 2.33. The van der Waals surface area contributed by atoms with Crippen molar-refractivity contribution in [2.24, 2.45) is 0 Å². The maximum Gasteiger partial charge on any atom is 0.332 e. The van der Waals surface area contributed by atoms with Crippen molar-refractivity contribution in [3.8, 4) is 16.9 Å². The Balaban J connectivity index is 0.000000418. The monoisotopic (exact) mass is 747 g/mol. The summed E-state index contributed by atoms with van der Waals surface area (Å²) < 4.78 is 70.3. The number of halogens is 3. The number of ether oxygens (including phenoxy) is 1. The van der Waals surface area contributed by atoms with Crippen molar-refractivity contribution in [1.82, 2.24) is 15.3 Å². The average molecular weight is 749 g/mol. The molecular formula is C32H28Cl2FN5O7S2. The van der Waals surface area contributed by atoms with E-state index in [1.807, 2.05) is 6.92 Å². The number of aryl methyl sites for hydroxylation is 1. The molecule has 49 heavy (non-hydrogen) atoms. The Kier molecular flexibility index (Phi) is 11.8. The zero-order chi connectivity index (χ0) is 35.9. The number of benzene rings is 4. The molecule has 0 atom stereocenters. The Bertz CT molecular complexity index is 2190. The molecule has 1 heterocycles. The predicted molar refractivity (Wildman–Crippen MR) is 184 cm³/mol. The molecule has 0 aliphatic heterocycles. The zero-order valence-electron chi connectivity index (χ0n) is 25.5. The standard InChI is InChI=1S/C25H20Cl2FN5O4S.C7H8O3S/c26-19-10-5-16(11-20(19)27)22-21(32-25(30)33-23(22)29)13-37-17-6-1-14(2-7-17)12-31-24(34)15-3-8-18(9-4-15)38(28,35)36;1-6-2-4-7(5-3-6)11(8,9)10/h1-11H,12-13H2,(H,31,34)(H4,29,30,32,33);2-5H,1H3,(H,8,9,10). The molecule has 0 fully saturated rings. The fourth-order valence-corrected chi connectivity index (χ4v) is 5.47. The Morgan fingerprint density at radius 2 is 1.47 bits per heavy atom. The lowest BCUT2D eigenvalue weighted by Gasteiger charge is -2.14. The number of hydrogen-bond acceptors (Lipinski definition) is 10. The van der Waals surface area contributed by atoms with E-state index in [4.69, 9.17) is 44.0 Å². The van der Waals surface area contributed by atoms with Crippen LogP contribution in [-0.4, -0.2) is 37.3 Å². The summed E-state index contributed by atoms with van der Waals surface area (Å²) in [5, 5.41) is 3.45. The van der Waals surface area contributed by atoms with Crippen LogP contribution in [0.1, 0.15) is 27.2 Å². The van der Waals surface area contributed by atoms with Crippen molar-refractivity contribution in [1.29, 1.82) is 0 Å². The summed E-state index contributed by atoms with van der Waals surface area (Å²) in [5.41, 5.74) is 15.5. The van der Waals surface area contributed by atoms with Crippen molar-refractivity contribution >= 4 is 61.2 Å². The average Bonchev–Trinajstić information content (AvgIpc) is 3.04. The summed E-state index contributed by atoms with van der Waals surface area (Å²) in [4.78, 5) is 20.1. The van der Waals surface area contributed by atoms with Crippen LogP contribution < -0.4 is 21.5 Å². The molecule has 0 radical (unpaired) electrons. The zero-order valence-corrected chi connectivity index (χ0v) is 28.6. The van der Waals surface area contributed by atoms with Crippen molar-refractivity contribution in [3.05, 3.63) is 123 Å². The molecule has 17 heteroatoms. The van der Waals surface area contributed by atoms with Crippen LogP contribution in [0.2, 0.25) is 10.0 Å². The number of carbonyl (C=O) groups excluding carboxylic acids is 1. The van der Waals surface area contributed by atoms with E-state index in [1.54, 1.807) is 54.6 Å². The van der Waals surface area contributed by atoms with Gasteiger partial charge in [-0.2, -0.15) is 21.8 Å². The number of aromatic nitrogens is 2. The van der Waals surface area contributed by atoms with E-state index in [0.29, 0.717) is 32.6 Å². The van der Waals surface area contributed by atoms with Crippen LogP contribution in [0.25, 0.3) is 11.1 Å². The number of hydrogen-bond donors (Lipinski definition) is 4. The van der Waals surface area contributed by atoms with E-state index < -0.39 is 31.1 Å². The van der Waals surface area contributed by atoms with Gasteiger partial charge >= 0.3 is 10.2 Å². The molecule has 5 aromatic rings. The second-order valence-corrected chi connectivity index (χ2v) is 13.9. The summed E-state index contributed by atoms with van der Waals surface area (Å²) in [6, 6.07) is 22.5. The van der Waals surface area contributed by atoms with Gasteiger partial charge in [0.25, 0.3) is 16.0 Å². The summed E-state index contributed by atoms with van der Waals surface area (Å²) in [6.45, 7) is 2.07. The van der Waals surface area contributed by atoms with Crippen LogP contribution in [0.4, 0.5) is 15.7 Å². The second-order valence-electron chi connectivity index (χ2n) is 10.3. The van der Waals surface area contributed by atoms with E-state index >= 15 is 0 Å². The first-order valence-electron chi connectivity index (χ1n) is 14.0. The lowest BCUT2D eigenvalue weighted by molar-refractivity contribution is 0.0950. The Morgan fingerprint density at radius 1 is 0.857 bits per heavy atom. The minimum atomic E-state index is -4.82. The summed E-state index contributed by atoms with van der Waals surface area (Å²) in [6.07, 6.45) is 0. The number of nitrogens with zero attached hydrogens (tertiary/aromatic N) is 2. The first-order valence-corrected chi connectivity index (χ1v) is 17.6. The molecular weight excluding hydrogens is 720 g/mol. The fourth-order valence-electron chi connectivity index (χ4n) is 4.24. The molecule has 12 nitrogen and oxygen atoms in total. The summed E-state index contributed by atoms with van der Waals surface area (Å²) in [5.74, 6) is 0.249.